The van der Waals surface area contributed by atoms with E-state index in [1.54, 1.807) is 24.2 Å². The molecule has 2 unspecified atom stereocenters. The number of hydrogen-bond acceptors (Lipinski definition) is 5. The van der Waals surface area contributed by atoms with Crippen LogP contribution >= 0.6 is 11.8 Å². The highest BCUT2D eigenvalue weighted by molar-refractivity contribution is 7.99. The second-order valence-electron chi connectivity index (χ2n) is 8.36. The third-order valence-corrected chi connectivity index (χ3v) is 7.18. The average Bonchev–Trinajstić information content (AvgIpc) is 2.72. The molecule has 0 amide bonds. The van der Waals surface area contributed by atoms with Gasteiger partial charge in [0, 0.05) is 24.8 Å². The van der Waals surface area contributed by atoms with Crippen molar-refractivity contribution in [2.45, 2.75) is 65.3 Å². The first kappa shape index (κ1) is 22.5. The van der Waals surface area contributed by atoms with Gasteiger partial charge >= 0.3 is 0 Å². The molecule has 1 aliphatic carbocycles. The number of allylic oxidation sites excluding steroid dienone is 2. The van der Waals surface area contributed by atoms with Crippen LogP contribution in [0.3, 0.4) is 0 Å². The molecule has 1 aromatic heterocycles. The zero-order valence-electron chi connectivity index (χ0n) is 18.7. The number of rotatable bonds is 7. The Morgan fingerprint density at radius 2 is 1.77 bits per heavy atom. The zero-order chi connectivity index (χ0) is 21.8. The second-order valence-corrected chi connectivity index (χ2v) is 9.40. The van der Waals surface area contributed by atoms with Crippen molar-refractivity contribution in [1.29, 1.82) is 0 Å². The fourth-order valence-electron chi connectivity index (χ4n) is 4.24. The number of aliphatic hydroxyl groups excluding tert-OH is 1. The Hall–Kier alpha value is -2.14. The fraction of sp³-hybridized carbons (Fsp3) is 0.480. The summed E-state index contributed by atoms with van der Waals surface area (Å²) in [4.78, 5) is 21.9. The van der Waals surface area contributed by atoms with Gasteiger partial charge in [-0.2, -0.15) is 0 Å². The second kappa shape index (κ2) is 9.78. The summed E-state index contributed by atoms with van der Waals surface area (Å²) in [5, 5.41) is 11.9. The largest absolute Gasteiger partial charge is 0.512 e. The van der Waals surface area contributed by atoms with Crippen LogP contribution in [-0.4, -0.2) is 26.6 Å². The van der Waals surface area contributed by atoms with E-state index in [1.807, 2.05) is 6.92 Å². The van der Waals surface area contributed by atoms with Crippen molar-refractivity contribution in [2.75, 3.05) is 5.75 Å². The number of carbonyl (C=O) groups is 1. The van der Waals surface area contributed by atoms with Crippen molar-refractivity contribution in [1.82, 2.24) is 9.97 Å². The fourth-order valence-corrected chi connectivity index (χ4v) is 5.20. The van der Waals surface area contributed by atoms with E-state index < -0.39 is 0 Å². The van der Waals surface area contributed by atoms with Crippen molar-refractivity contribution in [3.63, 3.8) is 0 Å². The minimum absolute atomic E-state index is 0.0731. The number of aryl methyl sites for hydroxylation is 4. The molecule has 0 radical (unpaired) electrons. The van der Waals surface area contributed by atoms with Gasteiger partial charge < -0.3 is 5.11 Å². The number of thioether (sulfide) groups is 1. The first-order valence-electron chi connectivity index (χ1n) is 10.8. The van der Waals surface area contributed by atoms with Gasteiger partial charge in [-0.25, -0.2) is 4.98 Å². The quantitative estimate of drug-likeness (QED) is 0.561. The van der Waals surface area contributed by atoms with E-state index in [-0.39, 0.29) is 17.5 Å². The van der Waals surface area contributed by atoms with Crippen molar-refractivity contribution < 1.29 is 9.90 Å². The maximum absolute atomic E-state index is 13.2. The van der Waals surface area contributed by atoms with Crippen LogP contribution in [0.15, 0.2) is 35.3 Å². The van der Waals surface area contributed by atoms with Gasteiger partial charge in [-0.05, 0) is 55.2 Å². The summed E-state index contributed by atoms with van der Waals surface area (Å²) >= 11 is 1.66. The maximum Gasteiger partial charge on any atom is 0.167 e. The minimum Gasteiger partial charge on any atom is -0.512 e. The molecule has 2 aromatic rings. The highest BCUT2D eigenvalue weighted by Crippen LogP contribution is 2.39. The number of benzene rings is 1. The SMILES string of the molecule is CCc1cc(C)cc(CC)c1C1=C(O)CC(C(C)CSc2cnc(C)cn2)CC1=O. The Balaban J connectivity index is 1.80. The van der Waals surface area contributed by atoms with Crippen molar-refractivity contribution >= 4 is 23.1 Å². The molecule has 0 spiro atoms. The molecule has 0 bridgehead atoms. The summed E-state index contributed by atoms with van der Waals surface area (Å²) in [7, 11) is 0. The van der Waals surface area contributed by atoms with Crippen LogP contribution in [0.25, 0.3) is 5.57 Å². The van der Waals surface area contributed by atoms with Crippen LogP contribution in [-0.2, 0) is 17.6 Å². The molecule has 0 fully saturated rings. The molecule has 1 aromatic carbocycles. The van der Waals surface area contributed by atoms with Crippen LogP contribution in [0.4, 0.5) is 0 Å². The Morgan fingerprint density at radius 1 is 1.10 bits per heavy atom. The molecular formula is C25H32N2O2S. The molecule has 4 nitrogen and oxygen atoms in total. The highest BCUT2D eigenvalue weighted by Gasteiger charge is 2.33. The lowest BCUT2D eigenvalue weighted by Gasteiger charge is -2.29. The number of carbonyl (C=O) groups excluding carboxylic acids is 1. The van der Waals surface area contributed by atoms with Gasteiger partial charge in [0.15, 0.2) is 5.78 Å². The Bertz CT molecular complexity index is 925. The topological polar surface area (TPSA) is 63.1 Å². The number of aliphatic hydroxyl groups is 1. The lowest BCUT2D eigenvalue weighted by Crippen LogP contribution is -2.25. The molecule has 0 saturated carbocycles. The Morgan fingerprint density at radius 3 is 2.30 bits per heavy atom. The van der Waals surface area contributed by atoms with E-state index >= 15 is 0 Å². The zero-order valence-corrected chi connectivity index (χ0v) is 19.5. The van der Waals surface area contributed by atoms with E-state index in [4.69, 9.17) is 0 Å². The molecule has 5 heteroatoms. The lowest BCUT2D eigenvalue weighted by molar-refractivity contribution is -0.115. The summed E-state index contributed by atoms with van der Waals surface area (Å²) < 4.78 is 0. The predicted octanol–water partition coefficient (Wildman–Crippen LogP) is 5.89. The van der Waals surface area contributed by atoms with E-state index in [9.17, 15) is 9.90 Å². The summed E-state index contributed by atoms with van der Waals surface area (Å²) in [6, 6.07) is 4.30. The molecule has 0 saturated heterocycles. The number of ketones is 1. The van der Waals surface area contributed by atoms with Crippen LogP contribution in [0, 0.1) is 25.7 Å². The van der Waals surface area contributed by atoms with Gasteiger partial charge in [0.25, 0.3) is 0 Å². The first-order valence-corrected chi connectivity index (χ1v) is 11.8. The van der Waals surface area contributed by atoms with Gasteiger partial charge in [0.2, 0.25) is 0 Å². The summed E-state index contributed by atoms with van der Waals surface area (Å²) in [6.07, 6.45) is 6.31. The molecule has 160 valence electrons. The van der Waals surface area contributed by atoms with Crippen molar-refractivity contribution in [2.24, 2.45) is 11.8 Å². The molecule has 0 aliphatic heterocycles. The molecule has 2 atom stereocenters. The van der Waals surface area contributed by atoms with Gasteiger partial charge in [0.05, 0.1) is 17.5 Å². The summed E-state index contributed by atoms with van der Waals surface area (Å²) in [6.45, 7) is 10.4. The third kappa shape index (κ3) is 4.94. The highest BCUT2D eigenvalue weighted by atomic mass is 32.2. The number of nitrogens with zero attached hydrogens (tertiary/aromatic N) is 2. The van der Waals surface area contributed by atoms with Crippen LogP contribution in [0.5, 0.6) is 0 Å². The van der Waals surface area contributed by atoms with Crippen LogP contribution in [0.2, 0.25) is 0 Å². The molecule has 30 heavy (non-hydrogen) atoms. The third-order valence-electron chi connectivity index (χ3n) is 5.98. The van der Waals surface area contributed by atoms with E-state index in [0.29, 0.717) is 24.3 Å². The van der Waals surface area contributed by atoms with E-state index in [1.165, 1.54) is 5.56 Å². The normalized spacial score (nSPS) is 18.0. The van der Waals surface area contributed by atoms with Crippen LogP contribution < -0.4 is 0 Å². The molecule has 3 rings (SSSR count). The number of hydrogen-bond donors (Lipinski definition) is 1. The van der Waals surface area contributed by atoms with Gasteiger partial charge in [-0.1, -0.05) is 38.5 Å². The van der Waals surface area contributed by atoms with Gasteiger partial charge in [-0.3, -0.25) is 9.78 Å². The minimum atomic E-state index is 0.0731. The Labute approximate surface area is 184 Å². The maximum atomic E-state index is 13.2. The molecule has 1 N–H and O–H groups in total. The van der Waals surface area contributed by atoms with Gasteiger partial charge in [0.1, 0.15) is 10.8 Å². The smallest absolute Gasteiger partial charge is 0.167 e. The van der Waals surface area contributed by atoms with Crippen LogP contribution in [0.1, 0.15) is 61.6 Å². The van der Waals surface area contributed by atoms with Crippen molar-refractivity contribution in [3.8, 4) is 0 Å². The van der Waals surface area contributed by atoms with E-state index in [0.717, 1.165) is 46.0 Å². The standard InChI is InChI=1S/C25H32N2O2S/c1-6-18-8-15(3)9-19(7-2)24(18)25-21(28)10-20(11-22(25)29)16(4)14-30-23-13-26-17(5)12-27-23/h8-9,12-13,16,20,28H,6-7,10-11,14H2,1-5H3. The molecule has 1 aliphatic rings. The molecular weight excluding hydrogens is 392 g/mol. The number of Topliss-reactive ketones (excluding diaryl/α,β-unsaturated/α-hetero) is 1. The average molecular weight is 425 g/mol. The summed E-state index contributed by atoms with van der Waals surface area (Å²) in [5.74, 6) is 1.62. The number of aromatic nitrogens is 2. The van der Waals surface area contributed by atoms with Gasteiger partial charge in [-0.15, -0.1) is 11.8 Å². The predicted molar refractivity (Wildman–Crippen MR) is 124 cm³/mol. The lowest BCUT2D eigenvalue weighted by atomic mass is 9.76. The monoisotopic (exact) mass is 424 g/mol. The first-order chi connectivity index (χ1) is 14.3. The van der Waals surface area contributed by atoms with Crippen molar-refractivity contribution in [3.05, 3.63) is 58.2 Å². The molecule has 1 heterocycles. The van der Waals surface area contributed by atoms with E-state index in [2.05, 4.69) is 49.8 Å². The Kier molecular flexibility index (Phi) is 7.35. The summed E-state index contributed by atoms with van der Waals surface area (Å²) in [5.41, 5.74) is 5.96.